The minimum absolute atomic E-state index is 0.0120. The van der Waals surface area contributed by atoms with Crippen LogP contribution in [-0.2, 0) is 9.53 Å². The smallest absolute Gasteiger partial charge is 0.292 e. The largest absolute Gasteiger partial charge is 0.472 e. The van der Waals surface area contributed by atoms with Gasteiger partial charge < -0.3 is 9.72 Å². The molecule has 0 spiro atoms. The molecule has 1 N–H and O–H groups in total. The predicted molar refractivity (Wildman–Crippen MR) is 37.1 cm³/mol. The van der Waals surface area contributed by atoms with E-state index in [0.717, 1.165) is 0 Å². The highest BCUT2D eigenvalue weighted by Gasteiger charge is 2.30. The second-order valence-corrected chi connectivity index (χ2v) is 4.62. The highest BCUT2D eigenvalue weighted by molar-refractivity contribution is 6.89. The van der Waals surface area contributed by atoms with Crippen LogP contribution < -0.4 is 4.98 Å². The zero-order valence-electron chi connectivity index (χ0n) is 5.72. The number of hydrogen-bond acceptors (Lipinski definition) is 3. The average molecular weight is 159 g/mol. The van der Waals surface area contributed by atoms with Crippen molar-refractivity contribution >= 4 is 20.5 Å². The van der Waals surface area contributed by atoms with Crippen LogP contribution in [0.15, 0.2) is 0 Å². The van der Waals surface area contributed by atoms with Crippen molar-refractivity contribution < 1.29 is 14.3 Å². The van der Waals surface area contributed by atoms with Gasteiger partial charge in [0.1, 0.15) is 0 Å². The molecule has 0 unspecified atom stereocenters. The Balaban J connectivity index is 2.44. The summed E-state index contributed by atoms with van der Waals surface area (Å²) >= 11 is 0. The van der Waals surface area contributed by atoms with E-state index >= 15 is 0 Å². The Bertz CT molecular complexity index is 170. The molecule has 0 aliphatic carbocycles. The van der Waals surface area contributed by atoms with Gasteiger partial charge in [0, 0.05) is 6.42 Å². The van der Waals surface area contributed by atoms with E-state index in [1.165, 1.54) is 7.11 Å². The van der Waals surface area contributed by atoms with Gasteiger partial charge in [-0.2, -0.15) is 0 Å². The summed E-state index contributed by atoms with van der Waals surface area (Å²) in [5.74, 6) is -0.0120. The molecule has 0 aromatic heterocycles. The van der Waals surface area contributed by atoms with Crippen LogP contribution in [0.2, 0.25) is 6.04 Å². The molecule has 1 atom stereocenters. The fourth-order valence-corrected chi connectivity index (χ4v) is 2.80. The highest BCUT2D eigenvalue weighted by Crippen LogP contribution is 2.05. The Labute approximate surface area is 60.2 Å². The zero-order chi connectivity index (χ0) is 7.56. The first-order valence-corrected chi connectivity index (χ1v) is 5.08. The summed E-state index contributed by atoms with van der Waals surface area (Å²) in [5, 5.41) is 0. The number of nitrogens with one attached hydrogen (secondary N) is 1. The molecule has 5 heteroatoms. The van der Waals surface area contributed by atoms with Crippen LogP contribution in [0.4, 0.5) is 4.79 Å². The molecule has 1 saturated heterocycles. The van der Waals surface area contributed by atoms with Gasteiger partial charge in [0.2, 0.25) is 5.91 Å². The van der Waals surface area contributed by atoms with E-state index in [4.69, 9.17) is 0 Å². The molecule has 1 rings (SSSR count). The van der Waals surface area contributed by atoms with Crippen LogP contribution in [0, 0.1) is 0 Å². The predicted octanol–water partition coefficient (Wildman–Crippen LogP) is -0.422. The number of rotatable bonds is 1. The molecule has 1 heterocycles. The number of ether oxygens (including phenoxy) is 1. The second-order valence-electron chi connectivity index (χ2n) is 2.18. The van der Waals surface area contributed by atoms with E-state index in [0.29, 0.717) is 12.5 Å². The van der Waals surface area contributed by atoms with E-state index in [-0.39, 0.29) is 11.5 Å². The molecule has 10 heavy (non-hydrogen) atoms. The maximum Gasteiger partial charge on any atom is 0.292 e. The van der Waals surface area contributed by atoms with E-state index in [1.807, 2.05) is 0 Å². The molecule has 1 fully saturated rings. The van der Waals surface area contributed by atoms with Gasteiger partial charge in [-0.15, -0.1) is 0 Å². The van der Waals surface area contributed by atoms with Crippen molar-refractivity contribution in [1.82, 2.24) is 4.98 Å². The van der Waals surface area contributed by atoms with Crippen molar-refractivity contribution in [3.05, 3.63) is 0 Å². The van der Waals surface area contributed by atoms with Crippen molar-refractivity contribution in [3.8, 4) is 0 Å². The second kappa shape index (κ2) is 2.83. The SMILES string of the molecule is COC(=O)[Si@@H]1CCC(=O)N1. The van der Waals surface area contributed by atoms with Crippen LogP contribution in [-0.4, -0.2) is 27.6 Å². The van der Waals surface area contributed by atoms with Gasteiger partial charge >= 0.3 is 0 Å². The zero-order valence-corrected chi connectivity index (χ0v) is 6.87. The number of hydrogen-bond donors (Lipinski definition) is 1. The molecule has 4 nitrogen and oxygen atoms in total. The molecular weight excluding hydrogens is 150 g/mol. The molecule has 0 radical (unpaired) electrons. The van der Waals surface area contributed by atoms with Crippen molar-refractivity contribution in [2.75, 3.05) is 7.11 Å². The summed E-state index contributed by atoms with van der Waals surface area (Å²) in [4.78, 5) is 24.0. The Hall–Kier alpha value is -0.843. The summed E-state index contributed by atoms with van der Waals surface area (Å²) < 4.78 is 4.49. The van der Waals surface area contributed by atoms with Crippen molar-refractivity contribution in [2.45, 2.75) is 12.5 Å². The monoisotopic (exact) mass is 159 g/mol. The Kier molecular flexibility index (Phi) is 2.05. The lowest BCUT2D eigenvalue weighted by Gasteiger charge is -2.02. The standard InChI is InChI=1S/C5H9NO3Si/c1-9-5(8)10-3-2-4(7)6-10/h10H,2-3H2,1H3,(H,6,7)/t10-/m0/s1. The number of methoxy groups -OCH3 is 1. The molecule has 1 aliphatic heterocycles. The van der Waals surface area contributed by atoms with E-state index in [2.05, 4.69) is 9.72 Å². The van der Waals surface area contributed by atoms with Crippen LogP contribution in [0.1, 0.15) is 6.42 Å². The summed E-state index contributed by atoms with van der Waals surface area (Å²) in [6, 6.07) is 0.700. The molecule has 0 aromatic carbocycles. The summed E-state index contributed by atoms with van der Waals surface area (Å²) in [5.41, 5.74) is -0.217. The van der Waals surface area contributed by atoms with Crippen LogP contribution in [0.25, 0.3) is 0 Å². The van der Waals surface area contributed by atoms with Gasteiger partial charge in [-0.25, -0.2) is 0 Å². The van der Waals surface area contributed by atoms with Gasteiger partial charge in [0.15, 0.2) is 0 Å². The first-order chi connectivity index (χ1) is 4.74. The van der Waals surface area contributed by atoms with E-state index in [9.17, 15) is 9.59 Å². The van der Waals surface area contributed by atoms with Gasteiger partial charge in [0.25, 0.3) is 14.6 Å². The first-order valence-electron chi connectivity index (χ1n) is 3.11. The molecule has 1 aliphatic rings. The first kappa shape index (κ1) is 7.27. The van der Waals surface area contributed by atoms with Gasteiger partial charge in [-0.1, -0.05) is 0 Å². The van der Waals surface area contributed by atoms with Gasteiger partial charge in [-0.3, -0.25) is 9.59 Å². The normalized spacial score (nSPS) is 24.1. The average Bonchev–Trinajstić information content (AvgIpc) is 2.34. The number of carbonyl (C=O) groups excluding carboxylic acids is 2. The van der Waals surface area contributed by atoms with Crippen LogP contribution in [0.5, 0.6) is 0 Å². The molecule has 0 bridgehead atoms. The third-order valence-corrected chi connectivity index (χ3v) is 3.82. The summed E-state index contributed by atoms with van der Waals surface area (Å²) in [6.45, 7) is 0. The third-order valence-electron chi connectivity index (χ3n) is 1.48. The fourth-order valence-electron chi connectivity index (χ4n) is 0.933. The van der Waals surface area contributed by atoms with Crippen molar-refractivity contribution in [1.29, 1.82) is 0 Å². The minimum Gasteiger partial charge on any atom is -0.472 e. The summed E-state index contributed by atoms with van der Waals surface area (Å²) in [7, 11) is -0.347. The quantitative estimate of drug-likeness (QED) is 0.529. The van der Waals surface area contributed by atoms with Crippen molar-refractivity contribution in [2.24, 2.45) is 0 Å². The molecule has 0 saturated carbocycles. The van der Waals surface area contributed by atoms with E-state index < -0.39 is 8.96 Å². The van der Waals surface area contributed by atoms with Crippen molar-refractivity contribution in [3.63, 3.8) is 0 Å². The van der Waals surface area contributed by atoms with Crippen LogP contribution >= 0.6 is 0 Å². The topological polar surface area (TPSA) is 55.4 Å². The third kappa shape index (κ3) is 1.35. The number of carbonyl (C=O) groups is 2. The molecule has 56 valence electrons. The lowest BCUT2D eigenvalue weighted by molar-refractivity contribution is -0.118. The maximum absolute atomic E-state index is 10.8. The van der Waals surface area contributed by atoms with Crippen LogP contribution in [0.3, 0.4) is 0 Å². The minimum atomic E-state index is -1.69. The molecule has 1 amide bonds. The number of amides is 1. The van der Waals surface area contributed by atoms with Gasteiger partial charge in [0.05, 0.1) is 7.11 Å². The Morgan fingerprint density at radius 1 is 1.80 bits per heavy atom. The Morgan fingerprint density at radius 2 is 2.50 bits per heavy atom. The molecule has 0 aromatic rings. The highest BCUT2D eigenvalue weighted by atomic mass is 28.3. The molecular formula is C5H9NO3Si. The maximum atomic E-state index is 10.8. The van der Waals surface area contributed by atoms with E-state index in [1.54, 1.807) is 0 Å². The Morgan fingerprint density at radius 3 is 2.90 bits per heavy atom. The van der Waals surface area contributed by atoms with Gasteiger partial charge in [-0.05, 0) is 6.04 Å². The lowest BCUT2D eigenvalue weighted by atomic mass is 10.5. The fraction of sp³-hybridized carbons (Fsp3) is 0.600. The lowest BCUT2D eigenvalue weighted by Crippen LogP contribution is -2.38. The summed E-state index contributed by atoms with van der Waals surface area (Å²) in [6.07, 6.45) is 0.492.